The Bertz CT molecular complexity index is 547. The molecule has 25 heavy (non-hydrogen) atoms. The van der Waals surface area contributed by atoms with E-state index in [-0.39, 0.29) is 16.9 Å². The van der Waals surface area contributed by atoms with Gasteiger partial charge in [0.2, 0.25) is 0 Å². The predicted octanol–water partition coefficient (Wildman–Crippen LogP) is 3.89. The van der Waals surface area contributed by atoms with Crippen molar-refractivity contribution in [1.29, 1.82) is 0 Å². The van der Waals surface area contributed by atoms with Gasteiger partial charge in [-0.15, -0.1) is 0 Å². The van der Waals surface area contributed by atoms with Crippen LogP contribution in [0.4, 0.5) is 0 Å². The molecule has 0 aromatic carbocycles. The van der Waals surface area contributed by atoms with Gasteiger partial charge in [-0.25, -0.2) is 0 Å². The second kappa shape index (κ2) is 5.45. The fourth-order valence-electron chi connectivity index (χ4n) is 8.35. The summed E-state index contributed by atoms with van der Waals surface area (Å²) >= 11 is 0. The molecule has 4 rings (SSSR count). The summed E-state index contributed by atoms with van der Waals surface area (Å²) in [7, 11) is 0. The molecule has 0 aromatic heterocycles. The van der Waals surface area contributed by atoms with Crippen molar-refractivity contribution < 1.29 is 15.3 Å². The van der Waals surface area contributed by atoms with Crippen LogP contribution in [-0.4, -0.2) is 33.1 Å². The second-order valence-corrected chi connectivity index (χ2v) is 10.9. The third-order valence-electron chi connectivity index (χ3n) is 10.3. The number of fused-ring (bicyclic) bond motifs is 5. The minimum Gasteiger partial charge on any atom is -0.393 e. The van der Waals surface area contributed by atoms with E-state index in [4.69, 9.17) is 0 Å². The lowest BCUT2D eigenvalue weighted by Gasteiger charge is -2.65. The van der Waals surface area contributed by atoms with Gasteiger partial charge >= 0.3 is 0 Å². The van der Waals surface area contributed by atoms with Crippen molar-refractivity contribution in [2.75, 3.05) is 0 Å². The number of aliphatic hydroxyl groups excluding tert-OH is 2. The molecule has 4 saturated carbocycles. The molecular formula is C22H38O3. The van der Waals surface area contributed by atoms with Crippen molar-refractivity contribution in [3.63, 3.8) is 0 Å². The molecule has 0 aromatic rings. The molecule has 0 saturated heterocycles. The molecule has 0 unspecified atom stereocenters. The molecule has 0 radical (unpaired) electrons. The standard InChI is InChI=1S/C22H38O3/c1-14(23)22(25)12-8-18-16-6-9-19(2)13-15(24)5-10-20(19,3)17(16)7-11-21(18,22)4/h14-18,23-25H,5-13H2,1-4H3/t14-,15-,16-,17+,18-,19-,20+,21-,22-/m0/s1. The van der Waals surface area contributed by atoms with Gasteiger partial charge in [-0.2, -0.15) is 0 Å². The Balaban J connectivity index is 1.67. The summed E-state index contributed by atoms with van der Waals surface area (Å²) < 4.78 is 0. The van der Waals surface area contributed by atoms with Gasteiger partial charge in [0.05, 0.1) is 17.8 Å². The van der Waals surface area contributed by atoms with E-state index in [1.807, 2.05) is 0 Å². The third-order valence-corrected chi connectivity index (χ3v) is 10.3. The monoisotopic (exact) mass is 350 g/mol. The average molecular weight is 351 g/mol. The van der Waals surface area contributed by atoms with Gasteiger partial charge in [0.15, 0.2) is 0 Å². The van der Waals surface area contributed by atoms with E-state index in [0.29, 0.717) is 23.2 Å². The quantitative estimate of drug-likeness (QED) is 0.672. The zero-order chi connectivity index (χ0) is 18.3. The maximum Gasteiger partial charge on any atom is 0.0958 e. The largest absolute Gasteiger partial charge is 0.393 e. The third kappa shape index (κ3) is 2.15. The highest BCUT2D eigenvalue weighted by molar-refractivity contribution is 5.16. The molecule has 0 amide bonds. The lowest BCUT2D eigenvalue weighted by Crippen LogP contribution is -2.61. The lowest BCUT2D eigenvalue weighted by molar-refractivity contribution is -0.203. The van der Waals surface area contributed by atoms with Crippen LogP contribution in [0.25, 0.3) is 0 Å². The molecule has 4 aliphatic carbocycles. The van der Waals surface area contributed by atoms with Crippen LogP contribution in [0.1, 0.15) is 85.5 Å². The van der Waals surface area contributed by atoms with Crippen molar-refractivity contribution in [2.45, 2.75) is 103 Å². The van der Waals surface area contributed by atoms with Gasteiger partial charge in [-0.3, -0.25) is 0 Å². The molecule has 0 bridgehead atoms. The summed E-state index contributed by atoms with van der Waals surface area (Å²) in [5, 5.41) is 31.9. The number of hydrogen-bond donors (Lipinski definition) is 3. The van der Waals surface area contributed by atoms with Crippen molar-refractivity contribution in [2.24, 2.45) is 34.0 Å². The Morgan fingerprint density at radius 2 is 1.44 bits per heavy atom. The van der Waals surface area contributed by atoms with E-state index in [2.05, 4.69) is 20.8 Å². The normalized spacial score (nSPS) is 59.6. The van der Waals surface area contributed by atoms with E-state index in [9.17, 15) is 15.3 Å². The number of rotatable bonds is 1. The highest BCUT2D eigenvalue weighted by Gasteiger charge is 2.67. The summed E-state index contributed by atoms with van der Waals surface area (Å²) in [5.41, 5.74) is -0.464. The fraction of sp³-hybridized carbons (Fsp3) is 1.00. The maximum absolute atomic E-state index is 11.3. The molecule has 0 spiro atoms. The van der Waals surface area contributed by atoms with Crippen LogP contribution in [-0.2, 0) is 0 Å². The Labute approximate surface area is 153 Å². The average Bonchev–Trinajstić information content (AvgIpc) is 2.82. The molecule has 144 valence electrons. The van der Waals surface area contributed by atoms with Gasteiger partial charge < -0.3 is 15.3 Å². The minimum absolute atomic E-state index is 0.115. The number of hydrogen-bond acceptors (Lipinski definition) is 3. The van der Waals surface area contributed by atoms with Crippen LogP contribution in [0.5, 0.6) is 0 Å². The zero-order valence-corrected chi connectivity index (χ0v) is 16.6. The summed E-state index contributed by atoms with van der Waals surface area (Å²) in [6.07, 6.45) is 8.78. The van der Waals surface area contributed by atoms with Gasteiger partial charge in [-0.1, -0.05) is 20.8 Å². The Kier molecular flexibility index (Phi) is 3.98. The zero-order valence-electron chi connectivity index (χ0n) is 16.6. The molecule has 9 atom stereocenters. The highest BCUT2D eigenvalue weighted by atomic mass is 16.3. The molecule has 4 fully saturated rings. The van der Waals surface area contributed by atoms with Crippen LogP contribution in [0.3, 0.4) is 0 Å². The molecule has 3 heteroatoms. The van der Waals surface area contributed by atoms with Crippen molar-refractivity contribution in [3.8, 4) is 0 Å². The molecular weight excluding hydrogens is 312 g/mol. The van der Waals surface area contributed by atoms with E-state index in [1.54, 1.807) is 6.92 Å². The van der Waals surface area contributed by atoms with Crippen LogP contribution < -0.4 is 0 Å². The minimum atomic E-state index is -0.910. The van der Waals surface area contributed by atoms with Crippen LogP contribution in [0.15, 0.2) is 0 Å². The molecule has 0 heterocycles. The maximum atomic E-state index is 11.3. The first-order chi connectivity index (χ1) is 11.6. The molecule has 3 N–H and O–H groups in total. The van der Waals surface area contributed by atoms with Gasteiger partial charge in [-0.05, 0) is 93.3 Å². The van der Waals surface area contributed by atoms with E-state index in [1.165, 1.54) is 19.3 Å². The smallest absolute Gasteiger partial charge is 0.0958 e. The Morgan fingerprint density at radius 3 is 2.12 bits per heavy atom. The summed E-state index contributed by atoms with van der Waals surface area (Å²) in [4.78, 5) is 0. The van der Waals surface area contributed by atoms with Gasteiger partial charge in [0.1, 0.15) is 0 Å². The van der Waals surface area contributed by atoms with Crippen molar-refractivity contribution >= 4 is 0 Å². The second-order valence-electron chi connectivity index (χ2n) is 10.9. The van der Waals surface area contributed by atoms with Crippen LogP contribution in [0.2, 0.25) is 0 Å². The summed E-state index contributed by atoms with van der Waals surface area (Å²) in [6.45, 7) is 8.98. The van der Waals surface area contributed by atoms with Crippen molar-refractivity contribution in [3.05, 3.63) is 0 Å². The van der Waals surface area contributed by atoms with Gasteiger partial charge in [0.25, 0.3) is 0 Å². The van der Waals surface area contributed by atoms with E-state index in [0.717, 1.165) is 38.5 Å². The summed E-state index contributed by atoms with van der Waals surface area (Å²) in [6, 6.07) is 0. The first kappa shape index (κ1) is 18.3. The Morgan fingerprint density at radius 1 is 0.840 bits per heavy atom. The van der Waals surface area contributed by atoms with Crippen LogP contribution in [0, 0.1) is 34.0 Å². The fourth-order valence-corrected chi connectivity index (χ4v) is 8.35. The summed E-state index contributed by atoms with van der Waals surface area (Å²) in [5.74, 6) is 1.94. The van der Waals surface area contributed by atoms with Crippen LogP contribution >= 0.6 is 0 Å². The molecule has 3 nitrogen and oxygen atoms in total. The Hall–Kier alpha value is -0.120. The molecule has 0 aliphatic heterocycles. The predicted molar refractivity (Wildman–Crippen MR) is 99.0 cm³/mol. The SMILES string of the molecule is C[C@H](O)[C@@]1(O)CC[C@H]2[C@H]3CC[C@@]4(C)C[C@@H](O)CC[C@]4(C)[C@@H]3CC[C@@]21C. The highest BCUT2D eigenvalue weighted by Crippen LogP contribution is 2.71. The van der Waals surface area contributed by atoms with Crippen molar-refractivity contribution in [1.82, 2.24) is 0 Å². The molecule has 4 aliphatic rings. The van der Waals surface area contributed by atoms with E-state index < -0.39 is 11.7 Å². The van der Waals surface area contributed by atoms with Gasteiger partial charge in [0, 0.05) is 5.41 Å². The first-order valence-electron chi connectivity index (χ1n) is 10.7. The lowest BCUT2D eigenvalue weighted by atomic mass is 9.40. The number of aliphatic hydroxyl groups is 3. The van der Waals surface area contributed by atoms with E-state index >= 15 is 0 Å². The first-order valence-corrected chi connectivity index (χ1v) is 10.7. The topological polar surface area (TPSA) is 60.7 Å².